The number of ether oxygens (including phenoxy) is 1. The number of esters is 1. The van der Waals surface area contributed by atoms with Crippen molar-refractivity contribution in [3.8, 4) is 0 Å². The number of hydrogen-bond donors (Lipinski definition) is 0. The lowest BCUT2D eigenvalue weighted by molar-refractivity contribution is 0.0559. The summed E-state index contributed by atoms with van der Waals surface area (Å²) in [6.07, 6.45) is 1.83. The molecule has 0 radical (unpaired) electrons. The van der Waals surface area contributed by atoms with Gasteiger partial charge in [0.2, 0.25) is 0 Å². The van der Waals surface area contributed by atoms with Crippen molar-refractivity contribution in [1.29, 1.82) is 0 Å². The minimum atomic E-state index is -0.249. The second kappa shape index (κ2) is 3.01. The van der Waals surface area contributed by atoms with Crippen molar-refractivity contribution in [2.24, 2.45) is 0 Å². The maximum absolute atomic E-state index is 11.5. The van der Waals surface area contributed by atoms with Crippen molar-refractivity contribution in [2.45, 2.75) is 27.3 Å². The Morgan fingerprint density at radius 1 is 1.50 bits per heavy atom. The number of hydrogen-bond acceptors (Lipinski definition) is 2. The number of carbonyl (C=O) groups excluding carboxylic acids is 1. The summed E-state index contributed by atoms with van der Waals surface area (Å²) < 4.78 is 7.13. The molecule has 14 heavy (non-hydrogen) atoms. The van der Waals surface area contributed by atoms with Gasteiger partial charge in [-0.15, -0.1) is 0 Å². The number of fused-ring (bicyclic) bond motifs is 1. The van der Waals surface area contributed by atoms with Gasteiger partial charge in [0.25, 0.3) is 0 Å². The Morgan fingerprint density at radius 3 is 2.86 bits per heavy atom. The third-order valence-electron chi connectivity index (χ3n) is 2.69. The fourth-order valence-electron chi connectivity index (χ4n) is 1.66. The molecule has 0 saturated carbocycles. The fourth-order valence-corrected chi connectivity index (χ4v) is 1.66. The van der Waals surface area contributed by atoms with Crippen molar-refractivity contribution in [1.82, 2.24) is 4.57 Å². The van der Waals surface area contributed by atoms with E-state index in [1.54, 1.807) is 0 Å². The monoisotopic (exact) mass is 191 g/mol. The Hall–Kier alpha value is -1.51. The zero-order valence-electron chi connectivity index (χ0n) is 8.63. The van der Waals surface area contributed by atoms with Crippen LogP contribution < -0.4 is 0 Å². The first-order valence-corrected chi connectivity index (χ1v) is 4.67. The molecule has 0 spiro atoms. The molecule has 3 heteroatoms. The summed E-state index contributed by atoms with van der Waals surface area (Å²) in [4.78, 5) is 11.5. The first kappa shape index (κ1) is 9.06. The van der Waals surface area contributed by atoms with Crippen molar-refractivity contribution < 1.29 is 9.53 Å². The Morgan fingerprint density at radius 2 is 2.21 bits per heavy atom. The highest BCUT2D eigenvalue weighted by Gasteiger charge is 2.24. The lowest BCUT2D eigenvalue weighted by Gasteiger charge is -2.18. The van der Waals surface area contributed by atoms with E-state index in [0.29, 0.717) is 12.2 Å². The Kier molecular flexibility index (Phi) is 1.95. The van der Waals surface area contributed by atoms with Crippen molar-refractivity contribution in [3.05, 3.63) is 34.9 Å². The normalized spacial score (nSPS) is 18.2. The van der Waals surface area contributed by atoms with Gasteiger partial charge in [-0.3, -0.25) is 0 Å². The van der Waals surface area contributed by atoms with E-state index in [4.69, 9.17) is 4.74 Å². The number of cyclic esters (lactones) is 1. The molecule has 2 rings (SSSR count). The number of nitrogens with zero attached hydrogens (tertiary/aromatic N) is 1. The Labute approximate surface area is 83.0 Å². The van der Waals surface area contributed by atoms with Gasteiger partial charge >= 0.3 is 5.97 Å². The lowest BCUT2D eigenvalue weighted by atomic mass is 10.3. The molecule has 1 aromatic rings. The summed E-state index contributed by atoms with van der Waals surface area (Å²) in [6.45, 7) is 6.56. The maximum atomic E-state index is 11.5. The lowest BCUT2D eigenvalue weighted by Crippen LogP contribution is -2.21. The van der Waals surface area contributed by atoms with Crippen LogP contribution in [0.2, 0.25) is 0 Å². The van der Waals surface area contributed by atoms with E-state index in [1.807, 2.05) is 37.5 Å². The van der Waals surface area contributed by atoms with E-state index < -0.39 is 0 Å². The summed E-state index contributed by atoms with van der Waals surface area (Å²) in [6, 6.07) is 1.88. The second-order valence-electron chi connectivity index (χ2n) is 3.53. The Balaban J connectivity index is 2.56. The average molecular weight is 191 g/mol. The number of aryl methyl sites for hydroxylation is 1. The molecule has 2 heterocycles. The summed E-state index contributed by atoms with van der Waals surface area (Å²) in [5.41, 5.74) is 2.93. The molecule has 3 nitrogen and oxygen atoms in total. The zero-order chi connectivity index (χ0) is 10.3. The Bertz CT molecular complexity index is 427. The van der Waals surface area contributed by atoms with Gasteiger partial charge in [0, 0.05) is 5.69 Å². The highest BCUT2D eigenvalue weighted by molar-refractivity contribution is 5.90. The SMILES string of the molecule is C/C=C1\Cn2c(cc(C)c2C)C(=O)O1. The van der Waals surface area contributed by atoms with Crippen molar-refractivity contribution in [2.75, 3.05) is 0 Å². The van der Waals surface area contributed by atoms with E-state index in [1.165, 1.54) is 0 Å². The molecule has 1 aliphatic heterocycles. The summed E-state index contributed by atoms with van der Waals surface area (Å²) in [5, 5.41) is 0. The highest BCUT2D eigenvalue weighted by Crippen LogP contribution is 2.22. The number of carbonyl (C=O) groups is 1. The van der Waals surface area contributed by atoms with E-state index in [2.05, 4.69) is 0 Å². The molecule has 0 atom stereocenters. The van der Waals surface area contributed by atoms with E-state index >= 15 is 0 Å². The quantitative estimate of drug-likeness (QED) is 0.588. The molecule has 0 aliphatic carbocycles. The van der Waals surface area contributed by atoms with Gasteiger partial charge < -0.3 is 9.30 Å². The van der Waals surface area contributed by atoms with Crippen LogP contribution in [0.15, 0.2) is 17.9 Å². The molecular weight excluding hydrogens is 178 g/mol. The van der Waals surface area contributed by atoms with Crippen LogP contribution in [0.1, 0.15) is 28.7 Å². The first-order valence-electron chi connectivity index (χ1n) is 4.67. The number of allylic oxidation sites excluding steroid dienone is 2. The van der Waals surface area contributed by atoms with Crippen LogP contribution in [-0.2, 0) is 11.3 Å². The van der Waals surface area contributed by atoms with Gasteiger partial charge in [0.05, 0.1) is 6.54 Å². The van der Waals surface area contributed by atoms with Gasteiger partial charge in [0.15, 0.2) is 0 Å². The van der Waals surface area contributed by atoms with E-state index in [0.717, 1.165) is 17.0 Å². The summed E-state index contributed by atoms with van der Waals surface area (Å²) in [5.74, 6) is 0.474. The smallest absolute Gasteiger partial charge is 0.360 e. The van der Waals surface area contributed by atoms with E-state index in [9.17, 15) is 4.79 Å². The van der Waals surface area contributed by atoms with Crippen LogP contribution in [0.3, 0.4) is 0 Å². The average Bonchev–Trinajstić information content (AvgIpc) is 2.45. The molecule has 74 valence electrons. The standard InChI is InChI=1S/C11H13NO2/c1-4-9-6-12-8(3)7(2)5-10(12)11(13)14-9/h4-5H,6H2,1-3H3/b9-4+. The van der Waals surface area contributed by atoms with Crippen LogP contribution >= 0.6 is 0 Å². The van der Waals surface area contributed by atoms with Gasteiger partial charge in [0.1, 0.15) is 11.5 Å². The topological polar surface area (TPSA) is 31.2 Å². The molecule has 0 unspecified atom stereocenters. The number of aromatic nitrogens is 1. The van der Waals surface area contributed by atoms with Crippen LogP contribution in [0.25, 0.3) is 0 Å². The largest absolute Gasteiger partial charge is 0.425 e. The van der Waals surface area contributed by atoms with Crippen molar-refractivity contribution >= 4 is 5.97 Å². The third kappa shape index (κ3) is 1.16. The maximum Gasteiger partial charge on any atom is 0.360 e. The molecule has 0 saturated heterocycles. The van der Waals surface area contributed by atoms with Crippen LogP contribution in [-0.4, -0.2) is 10.5 Å². The van der Waals surface area contributed by atoms with Gasteiger partial charge in [-0.1, -0.05) is 0 Å². The number of rotatable bonds is 0. The molecule has 0 amide bonds. The van der Waals surface area contributed by atoms with Crippen LogP contribution in [0.4, 0.5) is 0 Å². The predicted octanol–water partition coefficient (Wildman–Crippen LogP) is 2.18. The molecule has 1 aliphatic rings. The molecule has 0 fully saturated rings. The van der Waals surface area contributed by atoms with Gasteiger partial charge in [-0.05, 0) is 38.5 Å². The summed E-state index contributed by atoms with van der Waals surface area (Å²) in [7, 11) is 0. The molecule has 0 aromatic carbocycles. The highest BCUT2D eigenvalue weighted by atomic mass is 16.5. The second-order valence-corrected chi connectivity index (χ2v) is 3.53. The van der Waals surface area contributed by atoms with Gasteiger partial charge in [-0.25, -0.2) is 4.79 Å². The molecule has 0 bridgehead atoms. The zero-order valence-corrected chi connectivity index (χ0v) is 8.63. The third-order valence-corrected chi connectivity index (χ3v) is 2.69. The van der Waals surface area contributed by atoms with Gasteiger partial charge in [-0.2, -0.15) is 0 Å². The van der Waals surface area contributed by atoms with Crippen molar-refractivity contribution in [3.63, 3.8) is 0 Å². The predicted molar refractivity (Wildman–Crippen MR) is 53.1 cm³/mol. The minimum absolute atomic E-state index is 0.249. The summed E-state index contributed by atoms with van der Waals surface area (Å²) >= 11 is 0. The molecule has 1 aromatic heterocycles. The molecule has 0 N–H and O–H groups in total. The van der Waals surface area contributed by atoms with Crippen LogP contribution in [0, 0.1) is 13.8 Å². The minimum Gasteiger partial charge on any atom is -0.425 e. The van der Waals surface area contributed by atoms with E-state index in [-0.39, 0.29) is 5.97 Å². The fraction of sp³-hybridized carbons (Fsp3) is 0.364. The molecular formula is C11H13NO2. The first-order chi connectivity index (χ1) is 6.63. The van der Waals surface area contributed by atoms with Crippen LogP contribution in [0.5, 0.6) is 0 Å².